The summed E-state index contributed by atoms with van der Waals surface area (Å²) in [5.41, 5.74) is 5.06. The van der Waals surface area contributed by atoms with Gasteiger partial charge >= 0.3 is 0 Å². The van der Waals surface area contributed by atoms with Crippen molar-refractivity contribution < 1.29 is 9.59 Å². The van der Waals surface area contributed by atoms with E-state index in [4.69, 9.17) is 5.73 Å². The maximum Gasteiger partial charge on any atom is 0.220 e. The number of hydrogen-bond donors (Lipinski definition) is 3. The molecular weight excluding hydrogens is 218 g/mol. The minimum Gasteiger partial charge on any atom is -0.370 e. The lowest BCUT2D eigenvalue weighted by Gasteiger charge is -2.23. The number of rotatable bonds is 6. The van der Waals surface area contributed by atoms with Crippen LogP contribution in [-0.2, 0) is 9.59 Å². The second-order valence-electron chi connectivity index (χ2n) is 4.82. The van der Waals surface area contributed by atoms with Gasteiger partial charge in [-0.15, -0.1) is 0 Å². The Morgan fingerprint density at radius 1 is 1.47 bits per heavy atom. The molecule has 2 unspecified atom stereocenters. The number of hydrogen-bond acceptors (Lipinski definition) is 3. The van der Waals surface area contributed by atoms with E-state index in [9.17, 15) is 9.59 Å². The summed E-state index contributed by atoms with van der Waals surface area (Å²) in [4.78, 5) is 22.2. The minimum atomic E-state index is -0.383. The SMILES string of the molecule is CC(CC(N)=O)NC(=O)CCC1CCCCN1. The van der Waals surface area contributed by atoms with Crippen LogP contribution in [0.3, 0.4) is 0 Å². The third-order valence-corrected chi connectivity index (χ3v) is 3.05. The minimum absolute atomic E-state index is 0.00567. The number of nitrogens with two attached hydrogens (primary N) is 1. The predicted octanol–water partition coefficient (Wildman–Crippen LogP) is 0.289. The third kappa shape index (κ3) is 6.26. The average molecular weight is 241 g/mol. The first kappa shape index (κ1) is 14.0. The smallest absolute Gasteiger partial charge is 0.220 e. The van der Waals surface area contributed by atoms with Crippen molar-refractivity contribution in [2.45, 2.75) is 57.5 Å². The first-order valence-electron chi connectivity index (χ1n) is 6.39. The summed E-state index contributed by atoms with van der Waals surface area (Å²) in [6, 6.07) is 0.306. The molecule has 1 saturated heterocycles. The van der Waals surface area contributed by atoms with E-state index in [0.29, 0.717) is 12.5 Å². The molecule has 1 rings (SSSR count). The second kappa shape index (κ2) is 7.27. The van der Waals surface area contributed by atoms with Crippen LogP contribution >= 0.6 is 0 Å². The van der Waals surface area contributed by atoms with Crippen LogP contribution in [0.2, 0.25) is 0 Å². The van der Waals surface area contributed by atoms with Crippen molar-refractivity contribution in [1.29, 1.82) is 0 Å². The number of nitrogens with one attached hydrogen (secondary N) is 2. The van der Waals surface area contributed by atoms with Gasteiger partial charge in [-0.25, -0.2) is 0 Å². The first-order valence-corrected chi connectivity index (χ1v) is 6.39. The highest BCUT2D eigenvalue weighted by Gasteiger charge is 2.15. The molecule has 2 amide bonds. The van der Waals surface area contributed by atoms with Crippen LogP contribution in [0.1, 0.15) is 45.4 Å². The highest BCUT2D eigenvalue weighted by molar-refractivity contribution is 5.78. The Morgan fingerprint density at radius 2 is 2.24 bits per heavy atom. The van der Waals surface area contributed by atoms with E-state index in [2.05, 4.69) is 10.6 Å². The molecule has 4 N–H and O–H groups in total. The van der Waals surface area contributed by atoms with Gasteiger partial charge in [-0.05, 0) is 32.7 Å². The van der Waals surface area contributed by atoms with Crippen molar-refractivity contribution in [3.05, 3.63) is 0 Å². The lowest BCUT2D eigenvalue weighted by atomic mass is 10.0. The molecule has 0 aromatic heterocycles. The standard InChI is InChI=1S/C12H23N3O2/c1-9(8-11(13)16)15-12(17)6-5-10-4-2-3-7-14-10/h9-10,14H,2-8H2,1H3,(H2,13,16)(H,15,17). The summed E-state index contributed by atoms with van der Waals surface area (Å²) in [7, 11) is 0. The van der Waals surface area contributed by atoms with Crippen LogP contribution in [0.5, 0.6) is 0 Å². The van der Waals surface area contributed by atoms with Gasteiger partial charge in [-0.2, -0.15) is 0 Å². The fraction of sp³-hybridized carbons (Fsp3) is 0.833. The van der Waals surface area contributed by atoms with Crippen molar-refractivity contribution >= 4 is 11.8 Å². The van der Waals surface area contributed by atoms with Gasteiger partial charge in [-0.1, -0.05) is 6.42 Å². The molecule has 2 atom stereocenters. The summed E-state index contributed by atoms with van der Waals surface area (Å²) in [6.45, 7) is 2.85. The van der Waals surface area contributed by atoms with Gasteiger partial charge in [-0.3, -0.25) is 9.59 Å². The van der Waals surface area contributed by atoms with Crippen LogP contribution in [0.15, 0.2) is 0 Å². The number of carbonyl (C=O) groups excluding carboxylic acids is 2. The first-order chi connectivity index (χ1) is 8.08. The Balaban J connectivity index is 2.13. The van der Waals surface area contributed by atoms with E-state index >= 15 is 0 Å². The zero-order valence-electron chi connectivity index (χ0n) is 10.5. The molecule has 0 aromatic rings. The Kier molecular flexibility index (Phi) is 5.97. The van der Waals surface area contributed by atoms with Crippen LogP contribution in [0.4, 0.5) is 0 Å². The molecule has 1 aliphatic rings. The predicted molar refractivity (Wildman–Crippen MR) is 66.3 cm³/mol. The molecule has 0 bridgehead atoms. The van der Waals surface area contributed by atoms with Crippen molar-refractivity contribution in [2.24, 2.45) is 5.73 Å². The molecule has 17 heavy (non-hydrogen) atoms. The zero-order chi connectivity index (χ0) is 12.7. The summed E-state index contributed by atoms with van der Waals surface area (Å²) in [5.74, 6) is -0.377. The molecule has 5 heteroatoms. The maximum atomic E-state index is 11.6. The summed E-state index contributed by atoms with van der Waals surface area (Å²) in [6.07, 6.45) is 5.23. The molecular formula is C12H23N3O2. The molecule has 1 heterocycles. The van der Waals surface area contributed by atoms with Gasteiger partial charge in [0.05, 0.1) is 0 Å². The molecule has 0 aliphatic carbocycles. The van der Waals surface area contributed by atoms with Gasteiger partial charge in [0.1, 0.15) is 0 Å². The van der Waals surface area contributed by atoms with Crippen molar-refractivity contribution in [1.82, 2.24) is 10.6 Å². The lowest BCUT2D eigenvalue weighted by molar-refractivity contribution is -0.122. The molecule has 0 saturated carbocycles. The highest BCUT2D eigenvalue weighted by atomic mass is 16.2. The van der Waals surface area contributed by atoms with Gasteiger partial charge in [0.15, 0.2) is 0 Å². The van der Waals surface area contributed by atoms with Gasteiger partial charge in [0, 0.05) is 24.9 Å². The van der Waals surface area contributed by atoms with E-state index in [-0.39, 0.29) is 24.3 Å². The van der Waals surface area contributed by atoms with E-state index in [1.807, 2.05) is 0 Å². The Hall–Kier alpha value is -1.10. The zero-order valence-corrected chi connectivity index (χ0v) is 10.5. The van der Waals surface area contributed by atoms with Gasteiger partial charge < -0.3 is 16.4 Å². The lowest BCUT2D eigenvalue weighted by Crippen LogP contribution is -2.38. The van der Waals surface area contributed by atoms with Crippen molar-refractivity contribution in [3.63, 3.8) is 0 Å². The van der Waals surface area contributed by atoms with Crippen LogP contribution in [-0.4, -0.2) is 30.4 Å². The Labute approximate surface area is 103 Å². The van der Waals surface area contributed by atoms with E-state index < -0.39 is 0 Å². The van der Waals surface area contributed by atoms with E-state index in [1.165, 1.54) is 12.8 Å². The third-order valence-electron chi connectivity index (χ3n) is 3.05. The monoisotopic (exact) mass is 241 g/mol. The molecule has 1 fully saturated rings. The summed E-state index contributed by atoms with van der Waals surface area (Å²) >= 11 is 0. The Morgan fingerprint density at radius 3 is 2.82 bits per heavy atom. The number of amides is 2. The molecule has 98 valence electrons. The van der Waals surface area contributed by atoms with E-state index in [0.717, 1.165) is 19.4 Å². The van der Waals surface area contributed by atoms with Gasteiger partial charge in [0.25, 0.3) is 0 Å². The summed E-state index contributed by atoms with van der Waals surface area (Å²) < 4.78 is 0. The quantitative estimate of drug-likeness (QED) is 0.625. The van der Waals surface area contributed by atoms with E-state index in [1.54, 1.807) is 6.92 Å². The summed E-state index contributed by atoms with van der Waals surface area (Å²) in [5, 5.41) is 6.19. The number of carbonyl (C=O) groups is 2. The number of piperidine rings is 1. The average Bonchev–Trinajstić information content (AvgIpc) is 2.26. The van der Waals surface area contributed by atoms with Gasteiger partial charge in [0.2, 0.25) is 11.8 Å². The molecule has 0 aromatic carbocycles. The Bertz CT molecular complexity index is 262. The van der Waals surface area contributed by atoms with Crippen LogP contribution < -0.4 is 16.4 Å². The van der Waals surface area contributed by atoms with Crippen LogP contribution in [0.25, 0.3) is 0 Å². The molecule has 5 nitrogen and oxygen atoms in total. The topological polar surface area (TPSA) is 84.2 Å². The maximum absolute atomic E-state index is 11.6. The largest absolute Gasteiger partial charge is 0.370 e. The second-order valence-corrected chi connectivity index (χ2v) is 4.82. The fourth-order valence-corrected chi connectivity index (χ4v) is 2.18. The molecule has 0 radical (unpaired) electrons. The van der Waals surface area contributed by atoms with Crippen molar-refractivity contribution in [2.75, 3.05) is 6.54 Å². The molecule has 0 spiro atoms. The highest BCUT2D eigenvalue weighted by Crippen LogP contribution is 2.11. The molecule has 1 aliphatic heterocycles. The number of primary amides is 1. The normalized spacial score (nSPS) is 21.8. The van der Waals surface area contributed by atoms with Crippen LogP contribution in [0, 0.1) is 0 Å². The fourth-order valence-electron chi connectivity index (χ4n) is 2.18. The van der Waals surface area contributed by atoms with Crippen molar-refractivity contribution in [3.8, 4) is 0 Å².